The number of hydrogen-bond acceptors (Lipinski definition) is 3. The fraction of sp³-hybridized carbons (Fsp3) is 0.643. The Bertz CT molecular complexity index is 434. The molecule has 2 rings (SSSR count). The Kier molecular flexibility index (Phi) is 4.42. The van der Waals surface area contributed by atoms with Crippen LogP contribution >= 0.6 is 0 Å². The van der Waals surface area contributed by atoms with Crippen LogP contribution in [0.25, 0.3) is 0 Å². The molecule has 0 unspecified atom stereocenters. The molecule has 4 nitrogen and oxygen atoms in total. The Labute approximate surface area is 108 Å². The van der Waals surface area contributed by atoms with E-state index in [9.17, 15) is 4.79 Å². The van der Waals surface area contributed by atoms with Gasteiger partial charge in [0.15, 0.2) is 5.75 Å². The van der Waals surface area contributed by atoms with Crippen LogP contribution in [0.5, 0.6) is 5.75 Å². The standard InChI is InChI=1S/C14H22N2O2/c1-11(2)10-18-13-4-3-9-16(14(13)17)12-5-7-15-8-6-12/h3-4,9,11-12,15H,5-8,10H2,1-2H3. The number of nitrogens with zero attached hydrogens (tertiary/aromatic N) is 1. The predicted molar refractivity (Wildman–Crippen MR) is 72.2 cm³/mol. The molecule has 0 amide bonds. The Hall–Kier alpha value is -1.29. The van der Waals surface area contributed by atoms with Gasteiger partial charge in [-0.05, 0) is 44.0 Å². The predicted octanol–water partition coefficient (Wildman–Crippen LogP) is 1.81. The summed E-state index contributed by atoms with van der Waals surface area (Å²) in [5.41, 5.74) is 0.00468. The fourth-order valence-electron chi connectivity index (χ4n) is 2.23. The molecule has 1 aliphatic rings. The number of piperidine rings is 1. The van der Waals surface area contributed by atoms with Gasteiger partial charge in [0, 0.05) is 12.2 Å². The molecule has 1 aliphatic heterocycles. The van der Waals surface area contributed by atoms with Gasteiger partial charge in [-0.15, -0.1) is 0 Å². The maximum Gasteiger partial charge on any atom is 0.293 e. The van der Waals surface area contributed by atoms with Crippen LogP contribution in [0, 0.1) is 5.92 Å². The summed E-state index contributed by atoms with van der Waals surface area (Å²) in [6.45, 7) is 6.70. The van der Waals surface area contributed by atoms with E-state index < -0.39 is 0 Å². The van der Waals surface area contributed by atoms with Crippen LogP contribution in [0.3, 0.4) is 0 Å². The highest BCUT2D eigenvalue weighted by Gasteiger charge is 2.17. The first-order chi connectivity index (χ1) is 8.68. The van der Waals surface area contributed by atoms with Gasteiger partial charge in [-0.3, -0.25) is 4.79 Å². The molecule has 1 fully saturated rings. The molecule has 1 N–H and O–H groups in total. The minimum atomic E-state index is 0.00468. The zero-order valence-electron chi connectivity index (χ0n) is 11.2. The lowest BCUT2D eigenvalue weighted by atomic mass is 10.1. The Morgan fingerprint density at radius 3 is 2.83 bits per heavy atom. The second-order valence-electron chi connectivity index (χ2n) is 5.27. The Morgan fingerprint density at radius 1 is 1.44 bits per heavy atom. The van der Waals surface area contributed by atoms with E-state index in [-0.39, 0.29) is 5.56 Å². The summed E-state index contributed by atoms with van der Waals surface area (Å²) in [5.74, 6) is 0.904. The molecular formula is C14H22N2O2. The lowest BCUT2D eigenvalue weighted by Gasteiger charge is -2.25. The number of rotatable bonds is 4. The molecule has 1 aromatic heterocycles. The van der Waals surface area contributed by atoms with Crippen molar-refractivity contribution in [3.8, 4) is 5.75 Å². The molecule has 100 valence electrons. The van der Waals surface area contributed by atoms with E-state index in [4.69, 9.17) is 4.74 Å². The molecular weight excluding hydrogens is 228 g/mol. The highest BCUT2D eigenvalue weighted by atomic mass is 16.5. The third-order valence-electron chi connectivity index (χ3n) is 3.21. The van der Waals surface area contributed by atoms with E-state index in [0.717, 1.165) is 25.9 Å². The average Bonchev–Trinajstić information content (AvgIpc) is 2.38. The van der Waals surface area contributed by atoms with Crippen molar-refractivity contribution in [1.29, 1.82) is 0 Å². The summed E-state index contributed by atoms with van der Waals surface area (Å²) >= 11 is 0. The summed E-state index contributed by atoms with van der Waals surface area (Å²) in [4.78, 5) is 12.3. The quantitative estimate of drug-likeness (QED) is 0.886. The van der Waals surface area contributed by atoms with E-state index >= 15 is 0 Å². The van der Waals surface area contributed by atoms with Crippen LogP contribution in [-0.4, -0.2) is 24.3 Å². The maximum absolute atomic E-state index is 12.3. The number of ether oxygens (including phenoxy) is 1. The highest BCUT2D eigenvalue weighted by molar-refractivity contribution is 5.18. The Morgan fingerprint density at radius 2 is 2.17 bits per heavy atom. The van der Waals surface area contributed by atoms with Crippen LogP contribution in [0.2, 0.25) is 0 Å². The van der Waals surface area contributed by atoms with Gasteiger partial charge in [0.05, 0.1) is 6.61 Å². The van der Waals surface area contributed by atoms with Crippen LogP contribution < -0.4 is 15.6 Å². The van der Waals surface area contributed by atoms with E-state index in [1.165, 1.54) is 0 Å². The maximum atomic E-state index is 12.3. The molecule has 0 atom stereocenters. The molecule has 0 aliphatic carbocycles. The summed E-state index contributed by atoms with van der Waals surface area (Å²) < 4.78 is 7.41. The summed E-state index contributed by atoms with van der Waals surface area (Å²) in [7, 11) is 0. The van der Waals surface area contributed by atoms with Gasteiger partial charge < -0.3 is 14.6 Å². The van der Waals surface area contributed by atoms with Crippen molar-refractivity contribution in [1.82, 2.24) is 9.88 Å². The monoisotopic (exact) mass is 250 g/mol. The van der Waals surface area contributed by atoms with Gasteiger partial charge in [-0.1, -0.05) is 13.8 Å². The first kappa shape index (κ1) is 13.1. The average molecular weight is 250 g/mol. The minimum Gasteiger partial charge on any atom is -0.488 e. The molecule has 0 radical (unpaired) electrons. The SMILES string of the molecule is CC(C)COc1cccn(C2CCNCC2)c1=O. The van der Waals surface area contributed by atoms with Crippen LogP contribution in [-0.2, 0) is 0 Å². The van der Waals surface area contributed by atoms with Crippen molar-refractivity contribution in [3.63, 3.8) is 0 Å². The minimum absolute atomic E-state index is 0.00468. The van der Waals surface area contributed by atoms with Gasteiger partial charge in [-0.2, -0.15) is 0 Å². The summed E-state index contributed by atoms with van der Waals surface area (Å²) in [5, 5.41) is 3.31. The first-order valence-corrected chi connectivity index (χ1v) is 6.73. The number of nitrogens with one attached hydrogen (secondary N) is 1. The van der Waals surface area contributed by atoms with E-state index in [1.54, 1.807) is 6.07 Å². The van der Waals surface area contributed by atoms with Crippen molar-refractivity contribution in [3.05, 3.63) is 28.7 Å². The first-order valence-electron chi connectivity index (χ1n) is 6.73. The molecule has 1 aromatic rings. The molecule has 0 saturated carbocycles. The van der Waals surface area contributed by atoms with E-state index in [1.807, 2.05) is 16.8 Å². The zero-order valence-corrected chi connectivity index (χ0v) is 11.2. The molecule has 2 heterocycles. The third-order valence-corrected chi connectivity index (χ3v) is 3.21. The topological polar surface area (TPSA) is 43.3 Å². The molecule has 1 saturated heterocycles. The largest absolute Gasteiger partial charge is 0.488 e. The number of pyridine rings is 1. The van der Waals surface area contributed by atoms with Gasteiger partial charge in [-0.25, -0.2) is 0 Å². The van der Waals surface area contributed by atoms with Gasteiger partial charge >= 0.3 is 0 Å². The van der Waals surface area contributed by atoms with Crippen molar-refractivity contribution < 1.29 is 4.74 Å². The lowest BCUT2D eigenvalue weighted by Crippen LogP contribution is -2.34. The van der Waals surface area contributed by atoms with E-state index in [0.29, 0.717) is 24.3 Å². The van der Waals surface area contributed by atoms with Gasteiger partial charge in [0.2, 0.25) is 0 Å². The Balaban J connectivity index is 2.15. The van der Waals surface area contributed by atoms with Crippen LogP contribution in [0.15, 0.2) is 23.1 Å². The van der Waals surface area contributed by atoms with Gasteiger partial charge in [0.1, 0.15) is 0 Å². The number of hydrogen-bond donors (Lipinski definition) is 1. The van der Waals surface area contributed by atoms with Crippen LogP contribution in [0.1, 0.15) is 32.7 Å². The smallest absolute Gasteiger partial charge is 0.293 e. The van der Waals surface area contributed by atoms with E-state index in [2.05, 4.69) is 19.2 Å². The molecule has 0 aromatic carbocycles. The molecule has 0 spiro atoms. The van der Waals surface area contributed by atoms with Crippen LogP contribution in [0.4, 0.5) is 0 Å². The second kappa shape index (κ2) is 6.05. The van der Waals surface area contributed by atoms with Crippen molar-refractivity contribution in [2.75, 3.05) is 19.7 Å². The molecule has 18 heavy (non-hydrogen) atoms. The van der Waals surface area contributed by atoms with Crippen molar-refractivity contribution in [2.45, 2.75) is 32.7 Å². The molecule has 4 heteroatoms. The second-order valence-corrected chi connectivity index (χ2v) is 5.27. The van der Waals surface area contributed by atoms with Crippen molar-refractivity contribution in [2.24, 2.45) is 5.92 Å². The summed E-state index contributed by atoms with van der Waals surface area (Å²) in [6.07, 6.45) is 3.89. The lowest BCUT2D eigenvalue weighted by molar-refractivity contribution is 0.262. The summed E-state index contributed by atoms with van der Waals surface area (Å²) in [6, 6.07) is 3.97. The normalized spacial score (nSPS) is 17.1. The number of aromatic nitrogens is 1. The molecule has 0 bridgehead atoms. The third kappa shape index (κ3) is 3.13. The highest BCUT2D eigenvalue weighted by Crippen LogP contribution is 2.17. The van der Waals surface area contributed by atoms with Gasteiger partial charge in [0.25, 0.3) is 5.56 Å². The van der Waals surface area contributed by atoms with Crippen molar-refractivity contribution >= 4 is 0 Å². The fourth-order valence-corrected chi connectivity index (χ4v) is 2.23. The zero-order chi connectivity index (χ0) is 13.0.